The summed E-state index contributed by atoms with van der Waals surface area (Å²) in [6, 6.07) is 0. The first kappa shape index (κ1) is 12.4. The molecular formula is C10H18N2O2S. The Labute approximate surface area is 95.8 Å². The number of rotatable bonds is 7. The molecule has 0 aromatic rings. The number of amides is 1. The van der Waals surface area contributed by atoms with Crippen molar-refractivity contribution in [3.63, 3.8) is 0 Å². The zero-order chi connectivity index (χ0) is 11.3. The van der Waals surface area contributed by atoms with Crippen LogP contribution in [0.5, 0.6) is 0 Å². The Morgan fingerprint density at radius 3 is 2.80 bits per heavy atom. The molecule has 0 spiro atoms. The van der Waals surface area contributed by atoms with E-state index in [9.17, 15) is 4.79 Å². The Morgan fingerprint density at radius 1 is 1.60 bits per heavy atom. The summed E-state index contributed by atoms with van der Waals surface area (Å²) < 4.78 is 5.29. The van der Waals surface area contributed by atoms with Crippen LogP contribution >= 0.6 is 12.2 Å². The second kappa shape index (κ2) is 6.02. The number of thiocarbonyl (C=S) groups is 1. The van der Waals surface area contributed by atoms with E-state index in [2.05, 4.69) is 0 Å². The van der Waals surface area contributed by atoms with Gasteiger partial charge in [0.25, 0.3) is 0 Å². The van der Waals surface area contributed by atoms with Gasteiger partial charge in [0.15, 0.2) is 0 Å². The number of hydrogen-bond donors (Lipinski definition) is 1. The van der Waals surface area contributed by atoms with E-state index >= 15 is 0 Å². The summed E-state index contributed by atoms with van der Waals surface area (Å²) in [7, 11) is 1.74. The van der Waals surface area contributed by atoms with Crippen LogP contribution in [0.1, 0.15) is 19.3 Å². The highest BCUT2D eigenvalue weighted by atomic mass is 32.1. The monoisotopic (exact) mass is 230 g/mol. The van der Waals surface area contributed by atoms with E-state index in [-0.39, 0.29) is 12.5 Å². The molecule has 0 aliphatic heterocycles. The Hall–Kier alpha value is -0.680. The normalized spacial score (nSPS) is 15.0. The number of hydrogen-bond acceptors (Lipinski definition) is 3. The van der Waals surface area contributed by atoms with Crippen molar-refractivity contribution < 1.29 is 9.53 Å². The molecule has 2 N–H and O–H groups in total. The lowest BCUT2D eigenvalue weighted by atomic mass is 10.4. The van der Waals surface area contributed by atoms with Crippen LogP contribution in [-0.4, -0.2) is 42.6 Å². The molecule has 1 fully saturated rings. The summed E-state index contributed by atoms with van der Waals surface area (Å²) >= 11 is 4.74. The van der Waals surface area contributed by atoms with Gasteiger partial charge < -0.3 is 15.4 Å². The van der Waals surface area contributed by atoms with Crippen molar-refractivity contribution >= 4 is 23.1 Å². The fourth-order valence-corrected chi connectivity index (χ4v) is 1.20. The summed E-state index contributed by atoms with van der Waals surface area (Å²) in [5.41, 5.74) is 5.35. The Balaban J connectivity index is 2.05. The maximum Gasteiger partial charge on any atom is 0.248 e. The van der Waals surface area contributed by atoms with Gasteiger partial charge in [-0.25, -0.2) is 0 Å². The van der Waals surface area contributed by atoms with E-state index in [0.717, 1.165) is 6.61 Å². The highest BCUT2D eigenvalue weighted by molar-refractivity contribution is 7.80. The quantitative estimate of drug-likeness (QED) is 0.649. The van der Waals surface area contributed by atoms with Gasteiger partial charge in [0.1, 0.15) is 6.61 Å². The van der Waals surface area contributed by atoms with Gasteiger partial charge in [-0.3, -0.25) is 4.79 Å². The van der Waals surface area contributed by atoms with E-state index < -0.39 is 0 Å². The van der Waals surface area contributed by atoms with Gasteiger partial charge in [-0.2, -0.15) is 0 Å². The summed E-state index contributed by atoms with van der Waals surface area (Å²) in [6.45, 7) is 1.46. The highest BCUT2D eigenvalue weighted by Crippen LogP contribution is 2.28. The smallest absolute Gasteiger partial charge is 0.248 e. The van der Waals surface area contributed by atoms with Gasteiger partial charge in [-0.05, 0) is 18.8 Å². The maximum absolute atomic E-state index is 11.5. The van der Waals surface area contributed by atoms with Gasteiger partial charge in [0.2, 0.25) is 5.91 Å². The lowest BCUT2D eigenvalue weighted by Crippen LogP contribution is -2.33. The fourth-order valence-electron chi connectivity index (χ4n) is 1.11. The molecular weight excluding hydrogens is 212 g/mol. The standard InChI is InChI=1S/C10H18N2O2S/c1-12(5-4-9(11)15)10(13)7-14-6-8-2-3-8/h8H,2-7H2,1H3,(H2,11,15). The van der Waals surface area contributed by atoms with Crippen LogP contribution in [0.4, 0.5) is 0 Å². The summed E-state index contributed by atoms with van der Waals surface area (Å²) in [6.07, 6.45) is 3.05. The van der Waals surface area contributed by atoms with Crippen molar-refractivity contribution in [2.75, 3.05) is 26.8 Å². The molecule has 4 nitrogen and oxygen atoms in total. The second-order valence-electron chi connectivity index (χ2n) is 3.99. The van der Waals surface area contributed by atoms with Crippen LogP contribution < -0.4 is 5.73 Å². The molecule has 0 heterocycles. The van der Waals surface area contributed by atoms with E-state index in [1.54, 1.807) is 11.9 Å². The third-order valence-electron chi connectivity index (χ3n) is 2.40. The predicted octanol–water partition coefficient (Wildman–Crippen LogP) is 0.548. The molecule has 1 amide bonds. The molecule has 1 saturated carbocycles. The maximum atomic E-state index is 11.5. The van der Waals surface area contributed by atoms with Crippen molar-refractivity contribution in [1.29, 1.82) is 0 Å². The molecule has 0 aromatic carbocycles. The zero-order valence-corrected chi connectivity index (χ0v) is 9.89. The molecule has 86 valence electrons. The zero-order valence-electron chi connectivity index (χ0n) is 9.07. The molecule has 0 saturated heterocycles. The van der Waals surface area contributed by atoms with Crippen LogP contribution in [0.2, 0.25) is 0 Å². The molecule has 15 heavy (non-hydrogen) atoms. The van der Waals surface area contributed by atoms with E-state index in [4.69, 9.17) is 22.7 Å². The van der Waals surface area contributed by atoms with Crippen molar-refractivity contribution in [3.05, 3.63) is 0 Å². The summed E-state index contributed by atoms with van der Waals surface area (Å²) in [4.78, 5) is 13.5. The van der Waals surface area contributed by atoms with E-state index in [0.29, 0.717) is 23.9 Å². The van der Waals surface area contributed by atoms with E-state index in [1.165, 1.54) is 12.8 Å². The molecule has 1 aliphatic carbocycles. The van der Waals surface area contributed by atoms with Gasteiger partial charge in [-0.1, -0.05) is 12.2 Å². The SMILES string of the molecule is CN(CCC(N)=S)C(=O)COCC1CC1. The number of ether oxygens (including phenoxy) is 1. The summed E-state index contributed by atoms with van der Waals surface area (Å²) in [5, 5.41) is 0. The molecule has 0 aromatic heterocycles. The largest absolute Gasteiger partial charge is 0.393 e. The molecule has 0 bridgehead atoms. The first-order chi connectivity index (χ1) is 7.09. The molecule has 5 heteroatoms. The van der Waals surface area contributed by atoms with Crippen LogP contribution in [0.3, 0.4) is 0 Å². The third-order valence-corrected chi connectivity index (χ3v) is 2.60. The first-order valence-electron chi connectivity index (χ1n) is 5.19. The van der Waals surface area contributed by atoms with Crippen LogP contribution in [0, 0.1) is 5.92 Å². The highest BCUT2D eigenvalue weighted by Gasteiger charge is 2.21. The van der Waals surface area contributed by atoms with Crippen LogP contribution in [-0.2, 0) is 9.53 Å². The van der Waals surface area contributed by atoms with Crippen LogP contribution in [0.15, 0.2) is 0 Å². The second-order valence-corrected chi connectivity index (χ2v) is 4.51. The van der Waals surface area contributed by atoms with Crippen molar-refractivity contribution in [3.8, 4) is 0 Å². The van der Waals surface area contributed by atoms with Gasteiger partial charge in [0.05, 0.1) is 11.6 Å². The van der Waals surface area contributed by atoms with Crippen LogP contribution in [0.25, 0.3) is 0 Å². The number of carbonyl (C=O) groups is 1. The van der Waals surface area contributed by atoms with Gasteiger partial charge in [0, 0.05) is 20.0 Å². The van der Waals surface area contributed by atoms with Gasteiger partial charge >= 0.3 is 0 Å². The molecule has 1 rings (SSSR count). The third kappa shape index (κ3) is 5.69. The predicted molar refractivity (Wildman–Crippen MR) is 62.6 cm³/mol. The minimum absolute atomic E-state index is 0.00750. The average molecular weight is 230 g/mol. The van der Waals surface area contributed by atoms with Crippen molar-refractivity contribution in [1.82, 2.24) is 4.90 Å². The lowest BCUT2D eigenvalue weighted by molar-refractivity contribution is -0.134. The lowest BCUT2D eigenvalue weighted by Gasteiger charge is -2.16. The van der Waals surface area contributed by atoms with Crippen molar-refractivity contribution in [2.45, 2.75) is 19.3 Å². The summed E-state index contributed by atoms with van der Waals surface area (Å²) in [5.74, 6) is 0.687. The van der Waals surface area contributed by atoms with E-state index in [1.807, 2.05) is 0 Å². The number of nitrogens with zero attached hydrogens (tertiary/aromatic N) is 1. The molecule has 0 radical (unpaired) electrons. The Bertz CT molecular complexity index is 242. The molecule has 0 unspecified atom stereocenters. The minimum atomic E-state index is -0.00750. The molecule has 1 aliphatic rings. The number of carbonyl (C=O) groups excluding carboxylic acids is 1. The average Bonchev–Trinajstić information content (AvgIpc) is 2.97. The fraction of sp³-hybridized carbons (Fsp3) is 0.800. The molecule has 0 atom stereocenters. The van der Waals surface area contributed by atoms with Gasteiger partial charge in [-0.15, -0.1) is 0 Å². The minimum Gasteiger partial charge on any atom is -0.393 e. The number of likely N-dealkylation sites (N-methyl/N-ethyl adjacent to an activating group) is 1. The number of nitrogens with two attached hydrogens (primary N) is 1. The topological polar surface area (TPSA) is 55.6 Å². The Kier molecular flexibility index (Phi) is 4.98. The Morgan fingerprint density at radius 2 is 2.27 bits per heavy atom. The van der Waals surface area contributed by atoms with Crippen molar-refractivity contribution in [2.24, 2.45) is 11.7 Å². The first-order valence-corrected chi connectivity index (χ1v) is 5.60.